The molecular formula is C12H12N2OS. The van der Waals surface area contributed by atoms with E-state index in [0.29, 0.717) is 0 Å². The lowest BCUT2D eigenvalue weighted by atomic mass is 10.2. The summed E-state index contributed by atoms with van der Waals surface area (Å²) in [6.07, 6.45) is 1.67. The molecule has 0 saturated carbocycles. The molecule has 82 valence electrons. The maximum atomic E-state index is 8.70. The first-order valence-corrected chi connectivity index (χ1v) is 5.92. The Morgan fingerprint density at radius 3 is 3.12 bits per heavy atom. The summed E-state index contributed by atoms with van der Waals surface area (Å²) in [4.78, 5) is 1.16. The number of nitrogens with zero attached hydrogens (tertiary/aromatic N) is 1. The van der Waals surface area contributed by atoms with Gasteiger partial charge in [0.15, 0.2) is 0 Å². The molecule has 1 N–H and O–H groups in total. The smallest absolute Gasteiger partial charge is 0.120 e. The highest BCUT2D eigenvalue weighted by Gasteiger charge is 2.07. The van der Waals surface area contributed by atoms with E-state index < -0.39 is 0 Å². The minimum absolute atomic E-state index is 0.183. The topological polar surface area (TPSA) is 49.0 Å². The lowest BCUT2D eigenvalue weighted by Crippen LogP contribution is -2.16. The van der Waals surface area contributed by atoms with Crippen LogP contribution in [-0.4, -0.2) is 0 Å². The van der Waals surface area contributed by atoms with Crippen molar-refractivity contribution < 1.29 is 4.42 Å². The molecule has 0 amide bonds. The van der Waals surface area contributed by atoms with Gasteiger partial charge in [0, 0.05) is 16.8 Å². The number of furan rings is 1. The Morgan fingerprint density at radius 1 is 1.62 bits per heavy atom. The molecule has 0 aliphatic carbocycles. The van der Waals surface area contributed by atoms with E-state index in [0.717, 1.165) is 22.7 Å². The van der Waals surface area contributed by atoms with E-state index in [1.165, 1.54) is 0 Å². The van der Waals surface area contributed by atoms with Gasteiger partial charge in [-0.05, 0) is 25.1 Å². The first kappa shape index (κ1) is 10.9. The lowest BCUT2D eigenvalue weighted by molar-refractivity contribution is 0.431. The summed E-state index contributed by atoms with van der Waals surface area (Å²) in [5, 5.41) is 13.9. The Balaban J connectivity index is 1.90. The van der Waals surface area contributed by atoms with Gasteiger partial charge in [0.05, 0.1) is 17.9 Å². The molecule has 0 saturated heterocycles. The largest absolute Gasteiger partial charge is 0.468 e. The van der Waals surface area contributed by atoms with Crippen molar-refractivity contribution in [1.82, 2.24) is 5.32 Å². The van der Waals surface area contributed by atoms with Crippen LogP contribution in [0.2, 0.25) is 0 Å². The normalized spacial score (nSPS) is 12.2. The molecule has 3 nitrogen and oxygen atoms in total. The van der Waals surface area contributed by atoms with E-state index in [1.54, 1.807) is 17.6 Å². The molecule has 0 aliphatic rings. The molecular weight excluding hydrogens is 220 g/mol. The Morgan fingerprint density at radius 2 is 2.50 bits per heavy atom. The third-order valence-electron chi connectivity index (χ3n) is 2.34. The predicted molar refractivity (Wildman–Crippen MR) is 63.0 cm³/mol. The van der Waals surface area contributed by atoms with Crippen LogP contribution in [0.25, 0.3) is 0 Å². The van der Waals surface area contributed by atoms with Gasteiger partial charge in [-0.1, -0.05) is 0 Å². The predicted octanol–water partition coefficient (Wildman–Crippen LogP) is 3.06. The molecule has 0 aromatic carbocycles. The lowest BCUT2D eigenvalue weighted by Gasteiger charge is -2.09. The molecule has 2 heterocycles. The Kier molecular flexibility index (Phi) is 3.40. The SMILES string of the molecule is CC(NCc1cc(C#N)cs1)c1ccco1. The quantitative estimate of drug-likeness (QED) is 0.881. The van der Waals surface area contributed by atoms with Gasteiger partial charge in [-0.15, -0.1) is 11.3 Å². The van der Waals surface area contributed by atoms with Gasteiger partial charge in [0.2, 0.25) is 0 Å². The van der Waals surface area contributed by atoms with Crippen LogP contribution >= 0.6 is 11.3 Å². The van der Waals surface area contributed by atoms with Gasteiger partial charge in [-0.25, -0.2) is 0 Å². The first-order valence-electron chi connectivity index (χ1n) is 5.04. The fourth-order valence-electron chi connectivity index (χ4n) is 1.42. The van der Waals surface area contributed by atoms with Crippen LogP contribution in [-0.2, 0) is 6.54 Å². The maximum Gasteiger partial charge on any atom is 0.120 e. The minimum Gasteiger partial charge on any atom is -0.468 e. The molecule has 2 aromatic heterocycles. The van der Waals surface area contributed by atoms with Crippen molar-refractivity contribution in [2.45, 2.75) is 19.5 Å². The van der Waals surface area contributed by atoms with E-state index in [1.807, 2.05) is 23.6 Å². The molecule has 2 rings (SSSR count). The standard InChI is InChI=1S/C12H12N2OS/c1-9(12-3-2-4-15-12)14-7-11-5-10(6-13)8-16-11/h2-5,8-9,14H,7H2,1H3. The molecule has 0 radical (unpaired) electrons. The number of hydrogen-bond donors (Lipinski definition) is 1. The molecule has 0 fully saturated rings. The summed E-state index contributed by atoms with van der Waals surface area (Å²) in [5.41, 5.74) is 0.729. The van der Waals surface area contributed by atoms with Crippen molar-refractivity contribution in [3.63, 3.8) is 0 Å². The fraction of sp³-hybridized carbons (Fsp3) is 0.250. The second-order valence-corrected chi connectivity index (χ2v) is 4.53. The molecule has 1 unspecified atom stereocenters. The van der Waals surface area contributed by atoms with Crippen LogP contribution in [0.15, 0.2) is 34.3 Å². The average Bonchev–Trinajstić information content (AvgIpc) is 2.96. The molecule has 0 bridgehead atoms. The van der Waals surface area contributed by atoms with Crippen molar-refractivity contribution in [3.8, 4) is 6.07 Å². The van der Waals surface area contributed by atoms with Crippen LogP contribution < -0.4 is 5.32 Å². The van der Waals surface area contributed by atoms with Crippen molar-refractivity contribution >= 4 is 11.3 Å². The maximum absolute atomic E-state index is 8.70. The molecule has 0 aliphatic heterocycles. The van der Waals surface area contributed by atoms with Crippen LogP contribution in [0.4, 0.5) is 0 Å². The Bertz CT molecular complexity index is 481. The molecule has 16 heavy (non-hydrogen) atoms. The van der Waals surface area contributed by atoms with Crippen LogP contribution in [0, 0.1) is 11.3 Å². The number of hydrogen-bond acceptors (Lipinski definition) is 4. The zero-order chi connectivity index (χ0) is 11.4. The van der Waals surface area contributed by atoms with Crippen molar-refractivity contribution in [2.75, 3.05) is 0 Å². The van der Waals surface area contributed by atoms with E-state index >= 15 is 0 Å². The number of thiophene rings is 1. The van der Waals surface area contributed by atoms with Crippen LogP contribution in [0.3, 0.4) is 0 Å². The first-order chi connectivity index (χ1) is 7.79. The summed E-state index contributed by atoms with van der Waals surface area (Å²) < 4.78 is 5.30. The summed E-state index contributed by atoms with van der Waals surface area (Å²) in [6.45, 7) is 2.81. The number of nitriles is 1. The highest BCUT2D eigenvalue weighted by molar-refractivity contribution is 7.10. The Hall–Kier alpha value is -1.57. The summed E-state index contributed by atoms with van der Waals surface area (Å²) >= 11 is 1.60. The Labute approximate surface area is 98.3 Å². The van der Waals surface area contributed by atoms with E-state index in [2.05, 4.69) is 18.3 Å². The van der Waals surface area contributed by atoms with Gasteiger partial charge in [0.25, 0.3) is 0 Å². The second kappa shape index (κ2) is 4.97. The monoisotopic (exact) mass is 232 g/mol. The van der Waals surface area contributed by atoms with E-state index in [9.17, 15) is 0 Å². The van der Waals surface area contributed by atoms with Gasteiger partial charge in [-0.3, -0.25) is 0 Å². The number of rotatable bonds is 4. The van der Waals surface area contributed by atoms with Crippen LogP contribution in [0.5, 0.6) is 0 Å². The third-order valence-corrected chi connectivity index (χ3v) is 3.27. The molecule has 0 spiro atoms. The van der Waals surface area contributed by atoms with Crippen molar-refractivity contribution in [1.29, 1.82) is 5.26 Å². The van der Waals surface area contributed by atoms with E-state index in [4.69, 9.17) is 9.68 Å². The third kappa shape index (κ3) is 2.51. The highest BCUT2D eigenvalue weighted by atomic mass is 32.1. The minimum atomic E-state index is 0.183. The van der Waals surface area contributed by atoms with Crippen molar-refractivity contribution in [2.24, 2.45) is 0 Å². The average molecular weight is 232 g/mol. The van der Waals surface area contributed by atoms with Gasteiger partial charge < -0.3 is 9.73 Å². The van der Waals surface area contributed by atoms with Crippen molar-refractivity contribution in [3.05, 3.63) is 46.0 Å². The van der Waals surface area contributed by atoms with Crippen LogP contribution in [0.1, 0.15) is 29.2 Å². The van der Waals surface area contributed by atoms with Gasteiger partial charge >= 0.3 is 0 Å². The summed E-state index contributed by atoms with van der Waals surface area (Å²) in [6, 6.07) is 8.05. The van der Waals surface area contributed by atoms with E-state index in [-0.39, 0.29) is 6.04 Å². The fourth-order valence-corrected chi connectivity index (χ4v) is 2.18. The molecule has 1 atom stereocenters. The summed E-state index contributed by atoms with van der Waals surface area (Å²) in [7, 11) is 0. The van der Waals surface area contributed by atoms with Gasteiger partial charge in [0.1, 0.15) is 11.8 Å². The van der Waals surface area contributed by atoms with Gasteiger partial charge in [-0.2, -0.15) is 5.26 Å². The molecule has 2 aromatic rings. The summed E-state index contributed by atoms with van der Waals surface area (Å²) in [5.74, 6) is 0.928. The zero-order valence-electron chi connectivity index (χ0n) is 8.93. The highest BCUT2D eigenvalue weighted by Crippen LogP contribution is 2.17. The second-order valence-electron chi connectivity index (χ2n) is 3.53. The zero-order valence-corrected chi connectivity index (χ0v) is 9.75. The number of nitrogens with one attached hydrogen (secondary N) is 1. The molecule has 4 heteroatoms.